The van der Waals surface area contributed by atoms with Gasteiger partial charge in [0.1, 0.15) is 17.5 Å². The van der Waals surface area contributed by atoms with Crippen LogP contribution in [0.2, 0.25) is 0 Å². The van der Waals surface area contributed by atoms with E-state index < -0.39 is 0 Å². The molecule has 30 heavy (non-hydrogen) atoms. The summed E-state index contributed by atoms with van der Waals surface area (Å²) in [6.07, 6.45) is 2.70. The van der Waals surface area contributed by atoms with Gasteiger partial charge in [-0.25, -0.2) is 4.39 Å². The summed E-state index contributed by atoms with van der Waals surface area (Å²) >= 11 is 0. The summed E-state index contributed by atoms with van der Waals surface area (Å²) in [6.45, 7) is 5.39. The maximum atomic E-state index is 14.0. The summed E-state index contributed by atoms with van der Waals surface area (Å²) in [6, 6.07) is 8.69. The number of benzene rings is 1. The number of carbonyl (C=O) groups is 2. The smallest absolute Gasteiger partial charge is 0.309 e. The van der Waals surface area contributed by atoms with Crippen molar-refractivity contribution in [3.8, 4) is 6.07 Å². The SMILES string of the molecule is CCOC(=O)C1CCN(C(=O)/C(C#N)=C\N2CCN(c3ccccc3F)CC2)CC1. The Morgan fingerprint density at radius 2 is 1.83 bits per heavy atom. The van der Waals surface area contributed by atoms with Gasteiger partial charge >= 0.3 is 5.97 Å². The van der Waals surface area contributed by atoms with E-state index in [-0.39, 0.29) is 29.2 Å². The standard InChI is InChI=1S/C22H27FN4O3/c1-2-30-22(29)17-7-9-27(10-8-17)21(28)18(15-24)16-25-11-13-26(14-12-25)20-6-4-3-5-19(20)23/h3-6,16-17H,2,7-14H2,1H3/b18-16-. The van der Waals surface area contributed by atoms with Crippen LogP contribution < -0.4 is 4.90 Å². The number of carbonyl (C=O) groups excluding carboxylic acids is 2. The Morgan fingerprint density at radius 1 is 1.17 bits per heavy atom. The molecule has 1 aromatic rings. The normalized spacial score (nSPS) is 18.2. The minimum absolute atomic E-state index is 0.0870. The second kappa shape index (κ2) is 10.1. The van der Waals surface area contributed by atoms with Crippen LogP contribution in [0.25, 0.3) is 0 Å². The Morgan fingerprint density at radius 3 is 2.43 bits per heavy atom. The highest BCUT2D eigenvalue weighted by atomic mass is 19.1. The highest BCUT2D eigenvalue weighted by molar-refractivity contribution is 5.97. The number of hydrogen-bond donors (Lipinski definition) is 0. The van der Waals surface area contributed by atoms with Gasteiger partial charge in [-0.05, 0) is 31.9 Å². The molecule has 0 spiro atoms. The van der Waals surface area contributed by atoms with E-state index in [4.69, 9.17) is 4.74 Å². The first-order valence-corrected chi connectivity index (χ1v) is 10.3. The lowest BCUT2D eigenvalue weighted by Crippen LogP contribution is -2.45. The summed E-state index contributed by atoms with van der Waals surface area (Å²) in [5, 5.41) is 9.51. The van der Waals surface area contributed by atoms with Crippen LogP contribution >= 0.6 is 0 Å². The van der Waals surface area contributed by atoms with E-state index >= 15 is 0 Å². The number of nitrogens with zero attached hydrogens (tertiary/aromatic N) is 4. The maximum Gasteiger partial charge on any atom is 0.309 e. The van der Waals surface area contributed by atoms with Gasteiger partial charge in [-0.1, -0.05) is 12.1 Å². The molecule has 2 aliphatic rings. The quantitative estimate of drug-likeness (QED) is 0.418. The molecule has 0 unspecified atom stereocenters. The molecule has 0 atom stereocenters. The zero-order valence-electron chi connectivity index (χ0n) is 17.2. The van der Waals surface area contributed by atoms with Gasteiger partial charge in [0.2, 0.25) is 0 Å². The third-order valence-electron chi connectivity index (χ3n) is 5.57. The molecule has 3 rings (SSSR count). The van der Waals surface area contributed by atoms with Crippen molar-refractivity contribution in [1.82, 2.24) is 9.80 Å². The molecule has 1 amide bonds. The lowest BCUT2D eigenvalue weighted by atomic mass is 9.96. The van der Waals surface area contributed by atoms with Crippen LogP contribution in [0.15, 0.2) is 36.0 Å². The molecule has 0 aromatic heterocycles. The minimum Gasteiger partial charge on any atom is -0.466 e. The average Bonchev–Trinajstić information content (AvgIpc) is 2.78. The number of hydrogen-bond acceptors (Lipinski definition) is 6. The van der Waals surface area contributed by atoms with Crippen LogP contribution in [0, 0.1) is 23.1 Å². The summed E-state index contributed by atoms with van der Waals surface area (Å²) in [7, 11) is 0. The third-order valence-corrected chi connectivity index (χ3v) is 5.57. The fourth-order valence-electron chi connectivity index (χ4n) is 3.86. The molecule has 0 saturated carbocycles. The Bertz CT molecular complexity index is 835. The largest absolute Gasteiger partial charge is 0.466 e. The van der Waals surface area contributed by atoms with E-state index in [1.807, 2.05) is 21.9 Å². The van der Waals surface area contributed by atoms with Crippen LogP contribution in [0.4, 0.5) is 10.1 Å². The van der Waals surface area contributed by atoms with Crippen molar-refractivity contribution < 1.29 is 18.7 Å². The van der Waals surface area contributed by atoms with Gasteiger partial charge in [0, 0.05) is 45.5 Å². The number of likely N-dealkylation sites (tertiary alicyclic amines) is 1. The Labute approximate surface area is 176 Å². The van der Waals surface area contributed by atoms with Crippen LogP contribution in [0.1, 0.15) is 19.8 Å². The molecule has 160 valence electrons. The van der Waals surface area contributed by atoms with Crippen LogP contribution in [-0.4, -0.2) is 67.6 Å². The summed E-state index contributed by atoms with van der Waals surface area (Å²) < 4.78 is 19.0. The molecule has 1 aromatic carbocycles. The average molecular weight is 414 g/mol. The summed E-state index contributed by atoms with van der Waals surface area (Å²) in [4.78, 5) is 30.1. The lowest BCUT2D eigenvalue weighted by molar-refractivity contribution is -0.150. The number of anilines is 1. The zero-order valence-corrected chi connectivity index (χ0v) is 17.2. The van der Waals surface area contributed by atoms with Crippen molar-refractivity contribution in [2.24, 2.45) is 5.92 Å². The van der Waals surface area contributed by atoms with Crippen LogP contribution in [0.5, 0.6) is 0 Å². The predicted molar refractivity (Wildman–Crippen MR) is 110 cm³/mol. The van der Waals surface area contributed by atoms with E-state index in [9.17, 15) is 19.2 Å². The minimum atomic E-state index is -0.309. The molecule has 0 bridgehead atoms. The number of para-hydroxylation sites is 1. The molecule has 2 saturated heterocycles. The second-order valence-electron chi connectivity index (χ2n) is 7.45. The van der Waals surface area contributed by atoms with E-state index in [0.29, 0.717) is 64.4 Å². The van der Waals surface area contributed by atoms with Crippen molar-refractivity contribution in [1.29, 1.82) is 5.26 Å². The molecule has 2 fully saturated rings. The van der Waals surface area contributed by atoms with Crippen LogP contribution in [-0.2, 0) is 14.3 Å². The number of nitriles is 1. The van der Waals surface area contributed by atoms with Crippen molar-refractivity contribution in [2.45, 2.75) is 19.8 Å². The van der Waals surface area contributed by atoms with E-state index in [2.05, 4.69) is 0 Å². The number of piperidine rings is 1. The lowest BCUT2D eigenvalue weighted by Gasteiger charge is -2.36. The Hall–Kier alpha value is -3.08. The molecular formula is C22H27FN4O3. The fourth-order valence-corrected chi connectivity index (χ4v) is 3.86. The van der Waals surface area contributed by atoms with E-state index in [0.717, 1.165) is 0 Å². The van der Waals surface area contributed by atoms with Crippen molar-refractivity contribution in [3.05, 3.63) is 41.9 Å². The van der Waals surface area contributed by atoms with Crippen molar-refractivity contribution >= 4 is 17.6 Å². The number of piperazine rings is 1. The molecule has 2 aliphatic heterocycles. The van der Waals surface area contributed by atoms with Gasteiger partial charge in [-0.3, -0.25) is 9.59 Å². The second-order valence-corrected chi connectivity index (χ2v) is 7.45. The highest BCUT2D eigenvalue weighted by Crippen LogP contribution is 2.22. The number of halogens is 1. The van der Waals surface area contributed by atoms with Gasteiger partial charge in [0.25, 0.3) is 5.91 Å². The Balaban J connectivity index is 1.55. The molecular weight excluding hydrogens is 387 g/mol. The van der Waals surface area contributed by atoms with Crippen LogP contribution in [0.3, 0.4) is 0 Å². The summed E-state index contributed by atoms with van der Waals surface area (Å²) in [5.41, 5.74) is 0.658. The van der Waals surface area contributed by atoms with Gasteiger partial charge < -0.3 is 19.4 Å². The highest BCUT2D eigenvalue weighted by Gasteiger charge is 2.30. The monoisotopic (exact) mass is 414 g/mol. The molecule has 0 N–H and O–H groups in total. The molecule has 2 heterocycles. The number of amides is 1. The fraction of sp³-hybridized carbons (Fsp3) is 0.500. The summed E-state index contributed by atoms with van der Waals surface area (Å²) in [5.74, 6) is -0.958. The molecule has 0 radical (unpaired) electrons. The van der Waals surface area contributed by atoms with Crippen molar-refractivity contribution in [2.75, 3.05) is 50.8 Å². The third kappa shape index (κ3) is 5.09. The predicted octanol–water partition coefficient (Wildman–Crippen LogP) is 2.16. The van der Waals surface area contributed by atoms with Gasteiger partial charge in [0.05, 0.1) is 18.2 Å². The molecule has 7 nitrogen and oxygen atoms in total. The van der Waals surface area contributed by atoms with Gasteiger partial charge in [0.15, 0.2) is 0 Å². The molecule has 0 aliphatic carbocycles. The molecule has 8 heteroatoms. The van der Waals surface area contributed by atoms with E-state index in [1.165, 1.54) is 6.07 Å². The number of esters is 1. The van der Waals surface area contributed by atoms with Crippen molar-refractivity contribution in [3.63, 3.8) is 0 Å². The van der Waals surface area contributed by atoms with Gasteiger partial charge in [-0.15, -0.1) is 0 Å². The zero-order chi connectivity index (χ0) is 21.5. The first kappa shape index (κ1) is 21.6. The first-order chi connectivity index (χ1) is 14.5. The maximum absolute atomic E-state index is 14.0. The van der Waals surface area contributed by atoms with E-state index in [1.54, 1.807) is 30.2 Å². The number of rotatable bonds is 5. The Kier molecular flexibility index (Phi) is 7.28. The topological polar surface area (TPSA) is 76.9 Å². The first-order valence-electron chi connectivity index (χ1n) is 10.3. The number of ether oxygens (including phenoxy) is 1. The van der Waals surface area contributed by atoms with Gasteiger partial charge in [-0.2, -0.15) is 5.26 Å².